The third-order valence-electron chi connectivity index (χ3n) is 4.23. The van der Waals surface area contributed by atoms with Crippen LogP contribution in [0.25, 0.3) is 17.5 Å². The number of nitrogens with two attached hydrogens (primary N) is 2. The van der Waals surface area contributed by atoms with Gasteiger partial charge in [0.15, 0.2) is 17.2 Å². The number of nitrogen functional groups attached to an aromatic ring is 2. The first kappa shape index (κ1) is 26.5. The van der Waals surface area contributed by atoms with Gasteiger partial charge in [0.25, 0.3) is 0 Å². The summed E-state index contributed by atoms with van der Waals surface area (Å²) in [6.45, 7) is 3.82. The zero-order valence-corrected chi connectivity index (χ0v) is 20.3. The summed E-state index contributed by atoms with van der Waals surface area (Å²) in [7, 11) is 2.51. The van der Waals surface area contributed by atoms with Crippen LogP contribution in [0.1, 0.15) is 39.0 Å². The van der Waals surface area contributed by atoms with Gasteiger partial charge in [0, 0.05) is 11.1 Å². The summed E-state index contributed by atoms with van der Waals surface area (Å²) in [4.78, 5) is 38.6. The van der Waals surface area contributed by atoms with Gasteiger partial charge in [-0.3, -0.25) is 0 Å². The van der Waals surface area contributed by atoms with E-state index in [4.69, 9.17) is 39.4 Å². The average Bonchev–Trinajstić information content (AvgIpc) is 2.82. The van der Waals surface area contributed by atoms with Gasteiger partial charge in [-0.15, -0.1) is 0 Å². The van der Waals surface area contributed by atoms with Crippen LogP contribution in [0, 0.1) is 6.92 Å². The molecule has 0 saturated carbocycles. The van der Waals surface area contributed by atoms with Crippen LogP contribution >= 0.6 is 23.2 Å². The maximum absolute atomic E-state index is 11.9. The molecule has 0 aliphatic rings. The molecule has 0 unspecified atom stereocenters. The summed E-state index contributed by atoms with van der Waals surface area (Å²) in [5.41, 5.74) is 13.7. The number of esters is 2. The molecule has 178 valence electrons. The summed E-state index contributed by atoms with van der Waals surface area (Å²) in [5.74, 6) is -0.645. The molecular formula is C22H22Cl2N6O4. The van der Waals surface area contributed by atoms with Crippen molar-refractivity contribution in [3.05, 3.63) is 63.2 Å². The van der Waals surface area contributed by atoms with Gasteiger partial charge in [0.1, 0.15) is 16.7 Å². The minimum atomic E-state index is -0.707. The number of benzene rings is 1. The zero-order chi connectivity index (χ0) is 25.4. The van der Waals surface area contributed by atoms with Crippen LogP contribution in [0.5, 0.6) is 0 Å². The summed E-state index contributed by atoms with van der Waals surface area (Å²) in [5, 5.41) is -0.210. The molecule has 0 spiro atoms. The van der Waals surface area contributed by atoms with E-state index in [9.17, 15) is 9.59 Å². The molecule has 4 N–H and O–H groups in total. The van der Waals surface area contributed by atoms with Crippen molar-refractivity contribution in [1.82, 2.24) is 19.9 Å². The van der Waals surface area contributed by atoms with E-state index < -0.39 is 11.9 Å². The van der Waals surface area contributed by atoms with Crippen LogP contribution in [0.2, 0.25) is 10.3 Å². The fourth-order valence-corrected chi connectivity index (χ4v) is 2.91. The number of allylic oxidation sites excluding steroid dienone is 1. The van der Waals surface area contributed by atoms with Crippen LogP contribution in [0.4, 0.5) is 11.6 Å². The second-order valence-corrected chi connectivity index (χ2v) is 7.30. The second kappa shape index (κ2) is 11.9. The fraction of sp³-hybridized carbons (Fsp3) is 0.182. The molecule has 34 heavy (non-hydrogen) atoms. The van der Waals surface area contributed by atoms with E-state index in [-0.39, 0.29) is 33.3 Å². The number of anilines is 2. The van der Waals surface area contributed by atoms with E-state index in [1.54, 1.807) is 12.2 Å². The van der Waals surface area contributed by atoms with E-state index in [1.165, 1.54) is 14.2 Å². The van der Waals surface area contributed by atoms with Gasteiger partial charge in [-0.1, -0.05) is 53.6 Å². The molecule has 0 fully saturated rings. The molecule has 1 aromatic carbocycles. The number of hydrogen-bond donors (Lipinski definition) is 2. The van der Waals surface area contributed by atoms with Gasteiger partial charge in [-0.05, 0) is 25.4 Å². The van der Waals surface area contributed by atoms with Crippen molar-refractivity contribution in [1.29, 1.82) is 0 Å². The Kier molecular flexibility index (Phi) is 9.28. The molecule has 0 atom stereocenters. The SMILES string of the molecule is C/C=C/c1c(N)nc(-c2ccc(C)cc2)nc1C(=O)OC.COC(=O)c1nc(Cl)nc(N)c1Cl. The van der Waals surface area contributed by atoms with Gasteiger partial charge < -0.3 is 20.9 Å². The number of rotatable bonds is 4. The molecule has 10 nitrogen and oxygen atoms in total. The third-order valence-corrected chi connectivity index (χ3v) is 4.77. The Labute approximate surface area is 205 Å². The predicted octanol–water partition coefficient (Wildman–Crippen LogP) is 4.01. The van der Waals surface area contributed by atoms with Crippen molar-refractivity contribution in [3.63, 3.8) is 0 Å². The number of carbonyl (C=O) groups is 2. The Morgan fingerprint density at radius 3 is 2.03 bits per heavy atom. The van der Waals surface area contributed by atoms with Crippen LogP contribution in [0.15, 0.2) is 30.3 Å². The highest BCUT2D eigenvalue weighted by Gasteiger charge is 2.19. The highest BCUT2D eigenvalue weighted by atomic mass is 35.5. The van der Waals surface area contributed by atoms with E-state index in [0.717, 1.165) is 11.1 Å². The van der Waals surface area contributed by atoms with E-state index in [2.05, 4.69) is 24.7 Å². The monoisotopic (exact) mass is 504 g/mol. The van der Waals surface area contributed by atoms with Crippen molar-refractivity contribution in [3.8, 4) is 11.4 Å². The lowest BCUT2D eigenvalue weighted by Gasteiger charge is -2.09. The molecule has 0 aliphatic heterocycles. The Morgan fingerprint density at radius 2 is 1.47 bits per heavy atom. The van der Waals surface area contributed by atoms with Gasteiger partial charge in [0.2, 0.25) is 5.28 Å². The molecule has 0 amide bonds. The largest absolute Gasteiger partial charge is 0.464 e. The molecule has 3 rings (SSSR count). The standard InChI is InChI=1S/C16H17N3O2.C6H5Cl2N3O2/c1-4-5-12-13(16(20)21-3)18-15(19-14(12)17)11-8-6-10(2)7-9-11;1-13-5(12)3-2(7)4(9)11-6(8)10-3/h4-9H,1-3H3,(H2,17,18,19);1H3,(H2,9,10,11)/b5-4+;. The van der Waals surface area contributed by atoms with Crippen LogP contribution in [-0.2, 0) is 9.47 Å². The molecule has 0 bridgehead atoms. The van der Waals surface area contributed by atoms with Gasteiger partial charge in [-0.2, -0.15) is 4.98 Å². The zero-order valence-electron chi connectivity index (χ0n) is 18.8. The molecule has 0 saturated heterocycles. The number of carbonyl (C=O) groups excluding carboxylic acids is 2. The van der Waals surface area contributed by atoms with Gasteiger partial charge >= 0.3 is 11.9 Å². The lowest BCUT2D eigenvalue weighted by molar-refractivity contribution is 0.0585. The topological polar surface area (TPSA) is 156 Å². The maximum atomic E-state index is 11.9. The average molecular weight is 505 g/mol. The predicted molar refractivity (Wildman–Crippen MR) is 130 cm³/mol. The van der Waals surface area contributed by atoms with Crippen molar-refractivity contribution in [2.24, 2.45) is 0 Å². The summed E-state index contributed by atoms with van der Waals surface area (Å²) in [6.07, 6.45) is 3.47. The first-order valence-electron chi connectivity index (χ1n) is 9.65. The van der Waals surface area contributed by atoms with Crippen molar-refractivity contribution < 1.29 is 19.1 Å². The molecular weight excluding hydrogens is 483 g/mol. The molecule has 12 heteroatoms. The number of hydrogen-bond acceptors (Lipinski definition) is 10. The highest BCUT2D eigenvalue weighted by Crippen LogP contribution is 2.23. The number of aromatic nitrogens is 4. The number of ether oxygens (including phenoxy) is 2. The molecule has 0 radical (unpaired) electrons. The van der Waals surface area contributed by atoms with Gasteiger partial charge in [-0.25, -0.2) is 24.5 Å². The number of methoxy groups -OCH3 is 2. The highest BCUT2D eigenvalue weighted by molar-refractivity contribution is 6.36. The Morgan fingerprint density at radius 1 is 0.882 bits per heavy atom. The minimum Gasteiger partial charge on any atom is -0.464 e. The van der Waals surface area contributed by atoms with Crippen LogP contribution < -0.4 is 11.5 Å². The first-order valence-corrected chi connectivity index (χ1v) is 10.4. The quantitative estimate of drug-likeness (QED) is 0.392. The normalized spacial score (nSPS) is 10.4. The lowest BCUT2D eigenvalue weighted by Crippen LogP contribution is -2.12. The maximum Gasteiger partial charge on any atom is 0.358 e. The van der Waals surface area contributed by atoms with Crippen LogP contribution in [0.3, 0.4) is 0 Å². The third kappa shape index (κ3) is 6.40. The Balaban J connectivity index is 0.000000270. The van der Waals surface area contributed by atoms with E-state index in [1.807, 2.05) is 38.1 Å². The number of halogens is 2. The molecule has 0 aliphatic carbocycles. The lowest BCUT2D eigenvalue weighted by atomic mass is 10.1. The Bertz CT molecular complexity index is 1230. The summed E-state index contributed by atoms with van der Waals surface area (Å²) < 4.78 is 9.17. The van der Waals surface area contributed by atoms with Crippen molar-refractivity contribution in [2.45, 2.75) is 13.8 Å². The smallest absolute Gasteiger partial charge is 0.358 e. The fourth-order valence-electron chi connectivity index (χ4n) is 2.57. The first-order chi connectivity index (χ1) is 16.1. The van der Waals surface area contributed by atoms with Crippen molar-refractivity contribution in [2.75, 3.05) is 25.7 Å². The van der Waals surface area contributed by atoms with E-state index in [0.29, 0.717) is 11.4 Å². The number of aryl methyl sites for hydroxylation is 1. The number of nitrogens with zero attached hydrogens (tertiary/aromatic N) is 4. The van der Waals surface area contributed by atoms with Crippen LogP contribution in [-0.4, -0.2) is 46.1 Å². The van der Waals surface area contributed by atoms with E-state index >= 15 is 0 Å². The van der Waals surface area contributed by atoms with Crippen molar-refractivity contribution >= 4 is 52.9 Å². The molecule has 3 aromatic rings. The minimum absolute atomic E-state index is 0.0536. The van der Waals surface area contributed by atoms with Gasteiger partial charge in [0.05, 0.1) is 14.2 Å². The molecule has 2 heterocycles. The Hall–Kier alpha value is -3.76. The second-order valence-electron chi connectivity index (χ2n) is 6.58. The summed E-state index contributed by atoms with van der Waals surface area (Å²) >= 11 is 11.1. The molecule has 2 aromatic heterocycles. The summed E-state index contributed by atoms with van der Waals surface area (Å²) in [6, 6.07) is 7.68.